The van der Waals surface area contributed by atoms with Crippen LogP contribution >= 0.6 is 11.3 Å². The fraction of sp³-hybridized carbons (Fsp3) is 0.158. The first kappa shape index (κ1) is 19.3. The molecule has 3 rings (SSSR count). The van der Waals surface area contributed by atoms with Crippen molar-refractivity contribution in [2.24, 2.45) is 0 Å². The quantitative estimate of drug-likeness (QED) is 0.355. The Bertz CT molecular complexity index is 1000. The maximum absolute atomic E-state index is 12.2. The Balaban J connectivity index is 1.60. The van der Waals surface area contributed by atoms with E-state index in [1.165, 1.54) is 29.5 Å². The fourth-order valence-corrected chi connectivity index (χ4v) is 3.10. The number of nitro groups is 1. The number of hydrogen-bond donors (Lipinski definition) is 1. The molecule has 1 aromatic heterocycles. The highest BCUT2D eigenvalue weighted by molar-refractivity contribution is 7.13. The van der Waals surface area contributed by atoms with Crippen LogP contribution < -0.4 is 10.1 Å². The first-order chi connectivity index (χ1) is 13.5. The largest absolute Gasteiger partial charge is 0.497 e. The molecule has 8 nitrogen and oxygen atoms in total. The van der Waals surface area contributed by atoms with E-state index in [1.807, 2.05) is 24.3 Å². The first-order valence-corrected chi connectivity index (χ1v) is 9.12. The molecule has 0 atom stereocenters. The van der Waals surface area contributed by atoms with Crippen molar-refractivity contribution < 1.29 is 19.2 Å². The fourth-order valence-electron chi connectivity index (χ4n) is 2.38. The van der Waals surface area contributed by atoms with Crippen LogP contribution in [-0.2, 0) is 11.3 Å². The lowest BCUT2D eigenvalue weighted by atomic mass is 10.1. The third-order valence-electron chi connectivity index (χ3n) is 3.89. The molecule has 0 unspecified atom stereocenters. The molecule has 0 saturated carbocycles. The number of nitrogens with one attached hydrogen (secondary N) is 1. The van der Waals surface area contributed by atoms with Crippen LogP contribution in [0.25, 0.3) is 0 Å². The molecule has 1 heterocycles. The van der Waals surface area contributed by atoms with Gasteiger partial charge in [0.05, 0.1) is 23.3 Å². The lowest BCUT2D eigenvalue weighted by Crippen LogP contribution is -2.06. The van der Waals surface area contributed by atoms with E-state index in [0.717, 1.165) is 11.4 Å². The predicted molar refractivity (Wildman–Crippen MR) is 105 cm³/mol. The number of aryl methyl sites for hydroxylation is 1. The number of anilines is 2. The van der Waals surface area contributed by atoms with Gasteiger partial charge in [0.15, 0.2) is 5.13 Å². The molecule has 0 fully saturated rings. The van der Waals surface area contributed by atoms with Gasteiger partial charge in [0.2, 0.25) is 0 Å². The number of benzene rings is 2. The molecule has 0 bridgehead atoms. The van der Waals surface area contributed by atoms with E-state index in [9.17, 15) is 14.9 Å². The molecule has 0 aliphatic rings. The summed E-state index contributed by atoms with van der Waals surface area (Å²) in [5.74, 6) is 0.120. The van der Waals surface area contributed by atoms with Gasteiger partial charge >= 0.3 is 5.97 Å². The number of esters is 1. The molecule has 0 radical (unpaired) electrons. The molecule has 28 heavy (non-hydrogen) atoms. The molecular weight excluding hydrogens is 382 g/mol. The molecule has 144 valence electrons. The van der Waals surface area contributed by atoms with Crippen LogP contribution in [0.4, 0.5) is 16.5 Å². The van der Waals surface area contributed by atoms with Crippen molar-refractivity contribution in [1.82, 2.24) is 4.98 Å². The third-order valence-corrected chi connectivity index (χ3v) is 4.69. The predicted octanol–water partition coefficient (Wildman–Crippen LogP) is 4.47. The average Bonchev–Trinajstić information content (AvgIpc) is 3.14. The maximum Gasteiger partial charge on any atom is 0.338 e. The summed E-state index contributed by atoms with van der Waals surface area (Å²) in [6, 6.07) is 11.6. The highest BCUT2D eigenvalue weighted by atomic mass is 32.1. The van der Waals surface area contributed by atoms with Crippen LogP contribution in [0.2, 0.25) is 0 Å². The zero-order chi connectivity index (χ0) is 20.1. The Labute approximate surface area is 164 Å². The van der Waals surface area contributed by atoms with Crippen molar-refractivity contribution in [2.75, 3.05) is 12.4 Å². The van der Waals surface area contributed by atoms with Crippen LogP contribution in [0.1, 0.15) is 21.6 Å². The first-order valence-electron chi connectivity index (χ1n) is 8.24. The van der Waals surface area contributed by atoms with Gasteiger partial charge in [-0.2, -0.15) is 0 Å². The van der Waals surface area contributed by atoms with Gasteiger partial charge < -0.3 is 14.8 Å². The normalized spacial score (nSPS) is 10.4. The minimum atomic E-state index is -0.638. The standard InChI is InChI=1S/C19H17N3O5S/c1-12-3-4-13(9-17(12)22(24)25)18(23)27-10-15-11-28-19(21-15)20-14-5-7-16(26-2)8-6-14/h3-9,11H,10H2,1-2H3,(H,20,21). The summed E-state index contributed by atoms with van der Waals surface area (Å²) in [5.41, 5.74) is 1.93. The zero-order valence-electron chi connectivity index (χ0n) is 15.2. The lowest BCUT2D eigenvalue weighted by molar-refractivity contribution is -0.385. The van der Waals surface area contributed by atoms with Gasteiger partial charge in [-0.15, -0.1) is 11.3 Å². The molecule has 0 spiro atoms. The van der Waals surface area contributed by atoms with Gasteiger partial charge in [-0.3, -0.25) is 10.1 Å². The van der Waals surface area contributed by atoms with Crippen LogP contribution in [0.15, 0.2) is 47.8 Å². The van der Waals surface area contributed by atoms with E-state index in [4.69, 9.17) is 9.47 Å². The second-order valence-electron chi connectivity index (χ2n) is 5.83. The van der Waals surface area contributed by atoms with Gasteiger partial charge in [0.25, 0.3) is 5.69 Å². The molecule has 1 N–H and O–H groups in total. The minimum Gasteiger partial charge on any atom is -0.497 e. The van der Waals surface area contributed by atoms with Crippen LogP contribution in [-0.4, -0.2) is 23.0 Å². The van der Waals surface area contributed by atoms with Crippen LogP contribution in [0, 0.1) is 17.0 Å². The zero-order valence-corrected chi connectivity index (χ0v) is 16.0. The maximum atomic E-state index is 12.2. The van der Waals surface area contributed by atoms with Crippen molar-refractivity contribution in [3.8, 4) is 5.75 Å². The topological polar surface area (TPSA) is 104 Å². The molecule has 0 aliphatic carbocycles. The molecule has 2 aromatic carbocycles. The number of rotatable bonds is 7. The highest BCUT2D eigenvalue weighted by Crippen LogP contribution is 2.24. The van der Waals surface area contributed by atoms with E-state index in [1.54, 1.807) is 19.4 Å². The smallest absolute Gasteiger partial charge is 0.338 e. The SMILES string of the molecule is COc1ccc(Nc2nc(COC(=O)c3ccc(C)c([N+](=O)[O-])c3)cs2)cc1. The number of carbonyl (C=O) groups excluding carboxylic acids is 1. The number of nitrogens with zero attached hydrogens (tertiary/aromatic N) is 2. The number of hydrogen-bond acceptors (Lipinski definition) is 8. The third kappa shape index (κ3) is 4.63. The van der Waals surface area contributed by atoms with Gasteiger partial charge in [-0.05, 0) is 37.3 Å². The number of aromatic nitrogens is 1. The molecule has 9 heteroatoms. The Morgan fingerprint density at radius 3 is 2.68 bits per heavy atom. The van der Waals surface area contributed by atoms with Crippen LogP contribution in [0.5, 0.6) is 5.75 Å². The summed E-state index contributed by atoms with van der Waals surface area (Å²) < 4.78 is 10.3. The van der Waals surface area contributed by atoms with E-state index in [2.05, 4.69) is 10.3 Å². The number of ether oxygens (including phenoxy) is 2. The Morgan fingerprint density at radius 1 is 1.25 bits per heavy atom. The van der Waals surface area contributed by atoms with Crippen molar-refractivity contribution in [3.05, 3.63) is 74.8 Å². The summed E-state index contributed by atoms with van der Waals surface area (Å²) in [6.07, 6.45) is 0. The average molecular weight is 399 g/mol. The summed E-state index contributed by atoms with van der Waals surface area (Å²) >= 11 is 1.38. The van der Waals surface area contributed by atoms with Gasteiger partial charge in [0, 0.05) is 22.7 Å². The summed E-state index contributed by atoms with van der Waals surface area (Å²) in [5, 5.41) is 16.6. The van der Waals surface area contributed by atoms with Gasteiger partial charge in [-0.1, -0.05) is 6.07 Å². The number of methoxy groups -OCH3 is 1. The van der Waals surface area contributed by atoms with E-state index in [0.29, 0.717) is 16.4 Å². The van der Waals surface area contributed by atoms with E-state index in [-0.39, 0.29) is 17.9 Å². The number of carbonyl (C=O) groups is 1. The lowest BCUT2D eigenvalue weighted by Gasteiger charge is -2.05. The minimum absolute atomic E-state index is 0.0265. The van der Waals surface area contributed by atoms with Crippen molar-refractivity contribution >= 4 is 33.8 Å². The molecule has 0 amide bonds. The van der Waals surface area contributed by atoms with Crippen LogP contribution in [0.3, 0.4) is 0 Å². The summed E-state index contributed by atoms with van der Waals surface area (Å²) in [7, 11) is 1.60. The Hall–Kier alpha value is -3.46. The number of nitro benzene ring substituents is 1. The Kier molecular flexibility index (Phi) is 5.85. The summed E-state index contributed by atoms with van der Waals surface area (Å²) in [6.45, 7) is 1.58. The van der Waals surface area contributed by atoms with Gasteiger partial charge in [0.1, 0.15) is 12.4 Å². The second-order valence-corrected chi connectivity index (χ2v) is 6.69. The molecule has 0 aliphatic heterocycles. The molecule has 3 aromatic rings. The second kappa shape index (κ2) is 8.49. The highest BCUT2D eigenvalue weighted by Gasteiger charge is 2.16. The van der Waals surface area contributed by atoms with Crippen molar-refractivity contribution in [3.63, 3.8) is 0 Å². The van der Waals surface area contributed by atoms with Crippen molar-refractivity contribution in [1.29, 1.82) is 0 Å². The van der Waals surface area contributed by atoms with E-state index < -0.39 is 10.9 Å². The summed E-state index contributed by atoms with van der Waals surface area (Å²) in [4.78, 5) is 27.0. The molecular formula is C19H17N3O5S. The number of thiazole rings is 1. The Morgan fingerprint density at radius 2 is 2.00 bits per heavy atom. The van der Waals surface area contributed by atoms with Crippen molar-refractivity contribution in [2.45, 2.75) is 13.5 Å². The van der Waals surface area contributed by atoms with Gasteiger partial charge in [-0.25, -0.2) is 9.78 Å². The monoisotopic (exact) mass is 399 g/mol. The van der Waals surface area contributed by atoms with E-state index >= 15 is 0 Å². The molecule has 0 saturated heterocycles.